The highest BCUT2D eigenvalue weighted by molar-refractivity contribution is 7.98. The van der Waals surface area contributed by atoms with Crippen LogP contribution in [0.3, 0.4) is 0 Å². The van der Waals surface area contributed by atoms with Gasteiger partial charge in [-0.15, -0.1) is 11.8 Å². The monoisotopic (exact) mass is 315 g/mol. The molecule has 1 aromatic rings. The molecular weight excluding hydrogens is 290 g/mol. The van der Waals surface area contributed by atoms with Gasteiger partial charge in [0.2, 0.25) is 0 Å². The lowest BCUT2D eigenvalue weighted by Gasteiger charge is -2.56. The first-order valence-corrected chi connectivity index (χ1v) is 9.79. The molecule has 4 aliphatic rings. The molecule has 4 fully saturated rings. The molecule has 0 aromatic heterocycles. The average molecular weight is 315 g/mol. The smallest absolute Gasteiger partial charge is 0.253 e. The number of rotatable bonds is 3. The summed E-state index contributed by atoms with van der Waals surface area (Å²) in [5.41, 5.74) is 0.842. The van der Waals surface area contributed by atoms with Crippen molar-refractivity contribution < 1.29 is 4.79 Å². The molecule has 0 aliphatic heterocycles. The molecule has 118 valence electrons. The summed E-state index contributed by atoms with van der Waals surface area (Å²) in [6.45, 7) is 0. The van der Waals surface area contributed by atoms with Crippen LogP contribution in [0.2, 0.25) is 0 Å². The minimum Gasteiger partial charge on any atom is -0.338 e. The zero-order valence-corrected chi connectivity index (χ0v) is 14.3. The Labute approximate surface area is 137 Å². The van der Waals surface area contributed by atoms with Gasteiger partial charge in [0.1, 0.15) is 0 Å². The number of hydrogen-bond donors (Lipinski definition) is 0. The van der Waals surface area contributed by atoms with Gasteiger partial charge in [0.05, 0.1) is 0 Å². The third-order valence-corrected chi connectivity index (χ3v) is 7.03. The van der Waals surface area contributed by atoms with Gasteiger partial charge in [0.15, 0.2) is 0 Å². The molecule has 4 saturated carbocycles. The van der Waals surface area contributed by atoms with Gasteiger partial charge in [-0.3, -0.25) is 4.79 Å². The van der Waals surface area contributed by atoms with Gasteiger partial charge in [-0.2, -0.15) is 0 Å². The molecular formula is C19H25NOS. The van der Waals surface area contributed by atoms with Crippen molar-refractivity contribution in [2.24, 2.45) is 23.7 Å². The Morgan fingerprint density at radius 2 is 1.55 bits per heavy atom. The van der Waals surface area contributed by atoms with E-state index in [9.17, 15) is 4.79 Å². The fourth-order valence-electron chi connectivity index (χ4n) is 5.60. The van der Waals surface area contributed by atoms with E-state index < -0.39 is 0 Å². The quantitative estimate of drug-likeness (QED) is 0.775. The molecule has 3 heteroatoms. The summed E-state index contributed by atoms with van der Waals surface area (Å²) in [5.74, 6) is 3.66. The van der Waals surface area contributed by atoms with E-state index in [1.165, 1.54) is 37.0 Å². The molecule has 1 amide bonds. The van der Waals surface area contributed by atoms with Crippen molar-refractivity contribution in [1.82, 2.24) is 4.90 Å². The van der Waals surface area contributed by atoms with Crippen molar-refractivity contribution in [2.75, 3.05) is 13.3 Å². The van der Waals surface area contributed by atoms with Crippen LogP contribution in [-0.4, -0.2) is 30.2 Å². The highest BCUT2D eigenvalue weighted by Gasteiger charge is 2.50. The van der Waals surface area contributed by atoms with Crippen molar-refractivity contribution in [3.63, 3.8) is 0 Å². The molecule has 0 spiro atoms. The first kappa shape index (κ1) is 14.6. The third kappa shape index (κ3) is 2.38. The molecule has 0 unspecified atom stereocenters. The van der Waals surface area contributed by atoms with Crippen molar-refractivity contribution in [3.05, 3.63) is 29.8 Å². The van der Waals surface area contributed by atoms with Crippen LogP contribution >= 0.6 is 11.8 Å². The lowest BCUT2D eigenvalue weighted by atomic mass is 9.54. The molecule has 0 saturated heterocycles. The maximum Gasteiger partial charge on any atom is 0.253 e. The normalized spacial score (nSPS) is 35.6. The molecule has 4 aliphatic carbocycles. The van der Waals surface area contributed by atoms with Crippen LogP contribution < -0.4 is 0 Å². The van der Waals surface area contributed by atoms with Crippen molar-refractivity contribution >= 4 is 17.7 Å². The zero-order chi connectivity index (χ0) is 15.3. The number of amides is 1. The van der Waals surface area contributed by atoms with E-state index in [-0.39, 0.29) is 5.91 Å². The molecule has 2 nitrogen and oxygen atoms in total. The van der Waals surface area contributed by atoms with E-state index in [0.29, 0.717) is 6.04 Å². The summed E-state index contributed by atoms with van der Waals surface area (Å²) < 4.78 is 0. The zero-order valence-electron chi connectivity index (χ0n) is 13.5. The van der Waals surface area contributed by atoms with E-state index in [1.807, 2.05) is 19.2 Å². The number of benzene rings is 1. The maximum atomic E-state index is 12.9. The van der Waals surface area contributed by atoms with Crippen LogP contribution in [0.15, 0.2) is 29.2 Å². The second kappa shape index (κ2) is 5.59. The minimum absolute atomic E-state index is 0.213. The van der Waals surface area contributed by atoms with Crippen LogP contribution in [0.4, 0.5) is 0 Å². The highest BCUT2D eigenvalue weighted by Crippen LogP contribution is 2.55. The van der Waals surface area contributed by atoms with Gasteiger partial charge in [-0.25, -0.2) is 0 Å². The van der Waals surface area contributed by atoms with Crippen molar-refractivity contribution in [1.29, 1.82) is 0 Å². The Morgan fingerprint density at radius 1 is 1.00 bits per heavy atom. The molecule has 22 heavy (non-hydrogen) atoms. The van der Waals surface area contributed by atoms with Crippen LogP contribution in [0.5, 0.6) is 0 Å². The molecule has 0 N–H and O–H groups in total. The summed E-state index contributed by atoms with van der Waals surface area (Å²) in [6.07, 6.45) is 8.98. The Hall–Kier alpha value is -0.960. The lowest BCUT2D eigenvalue weighted by molar-refractivity contribution is -0.0491. The standard InChI is InChI=1S/C19H25NOS/c1-20(19(21)14-3-5-17(22-2)6-4-14)18-15-8-12-7-13(10-15)11-16(18)9-12/h3-6,12-13,15-16,18H,7-11H2,1-2H3. The molecule has 5 rings (SSSR count). The first-order chi connectivity index (χ1) is 10.7. The maximum absolute atomic E-state index is 12.9. The van der Waals surface area contributed by atoms with E-state index in [0.717, 1.165) is 29.2 Å². The van der Waals surface area contributed by atoms with Crippen molar-refractivity contribution in [2.45, 2.75) is 43.0 Å². The van der Waals surface area contributed by atoms with E-state index in [4.69, 9.17) is 0 Å². The first-order valence-electron chi connectivity index (χ1n) is 8.57. The van der Waals surface area contributed by atoms with Crippen LogP contribution in [-0.2, 0) is 0 Å². The van der Waals surface area contributed by atoms with Crippen LogP contribution in [0, 0.1) is 23.7 Å². The second-order valence-electron chi connectivity index (χ2n) is 7.57. The summed E-state index contributed by atoms with van der Waals surface area (Å²) in [5, 5.41) is 0. The summed E-state index contributed by atoms with van der Waals surface area (Å²) in [4.78, 5) is 16.2. The fourth-order valence-corrected chi connectivity index (χ4v) is 6.01. The number of hydrogen-bond acceptors (Lipinski definition) is 2. The largest absolute Gasteiger partial charge is 0.338 e. The van der Waals surface area contributed by atoms with Gasteiger partial charge in [0.25, 0.3) is 5.91 Å². The Balaban J connectivity index is 1.53. The van der Waals surface area contributed by atoms with Gasteiger partial charge < -0.3 is 4.90 Å². The fraction of sp³-hybridized carbons (Fsp3) is 0.632. The Bertz CT molecular complexity index is 539. The minimum atomic E-state index is 0.213. The number of carbonyl (C=O) groups excluding carboxylic acids is 1. The topological polar surface area (TPSA) is 20.3 Å². The molecule has 0 heterocycles. The van der Waals surface area contributed by atoms with Crippen LogP contribution in [0.1, 0.15) is 42.5 Å². The lowest BCUT2D eigenvalue weighted by Crippen LogP contribution is -2.56. The Morgan fingerprint density at radius 3 is 2.05 bits per heavy atom. The SMILES string of the molecule is CSc1ccc(C(=O)N(C)C2C3CC4CC(C3)CC2C4)cc1. The molecule has 0 radical (unpaired) electrons. The van der Waals surface area contributed by atoms with Crippen LogP contribution in [0.25, 0.3) is 0 Å². The summed E-state index contributed by atoms with van der Waals surface area (Å²) >= 11 is 1.72. The molecule has 1 aromatic carbocycles. The van der Waals surface area contributed by atoms with E-state index in [2.05, 4.69) is 23.3 Å². The second-order valence-corrected chi connectivity index (χ2v) is 8.45. The number of thioether (sulfide) groups is 1. The number of nitrogens with zero attached hydrogens (tertiary/aromatic N) is 1. The van der Waals surface area contributed by atoms with E-state index >= 15 is 0 Å². The predicted octanol–water partition coefficient (Wildman–Crippen LogP) is 4.31. The van der Waals surface area contributed by atoms with E-state index in [1.54, 1.807) is 11.8 Å². The van der Waals surface area contributed by atoms with Gasteiger partial charge in [0, 0.05) is 23.5 Å². The van der Waals surface area contributed by atoms with Gasteiger partial charge >= 0.3 is 0 Å². The average Bonchev–Trinajstić information content (AvgIpc) is 2.53. The summed E-state index contributed by atoms with van der Waals surface area (Å²) in [7, 11) is 2.04. The van der Waals surface area contributed by atoms with Gasteiger partial charge in [-0.05, 0) is 86.3 Å². The third-order valence-electron chi connectivity index (χ3n) is 6.28. The molecule has 0 atom stereocenters. The molecule has 4 bridgehead atoms. The van der Waals surface area contributed by atoms with Crippen molar-refractivity contribution in [3.8, 4) is 0 Å². The summed E-state index contributed by atoms with van der Waals surface area (Å²) in [6, 6.07) is 8.58. The highest BCUT2D eigenvalue weighted by atomic mass is 32.2. The predicted molar refractivity (Wildman–Crippen MR) is 91.1 cm³/mol. The van der Waals surface area contributed by atoms with Gasteiger partial charge in [-0.1, -0.05) is 0 Å². The number of carbonyl (C=O) groups is 1. The Kier molecular flexibility index (Phi) is 3.72.